The molecule has 1 unspecified atom stereocenters. The Labute approximate surface area is 110 Å². The van der Waals surface area contributed by atoms with Gasteiger partial charge in [0.25, 0.3) is 5.91 Å². The third-order valence-electron chi connectivity index (χ3n) is 4.13. The van der Waals surface area contributed by atoms with E-state index in [1.54, 1.807) is 0 Å². The molecule has 2 aliphatic rings. The lowest BCUT2D eigenvalue weighted by molar-refractivity contribution is -0.148. The molecule has 1 atom stereocenters. The van der Waals surface area contributed by atoms with Gasteiger partial charge in [0.1, 0.15) is 6.10 Å². The van der Waals surface area contributed by atoms with Crippen LogP contribution < -0.4 is 5.73 Å². The van der Waals surface area contributed by atoms with E-state index in [2.05, 4.69) is 0 Å². The SMILES string of the molecule is CC(OC1CCC(N)CC1)C(=O)N1CCCCC1. The minimum atomic E-state index is -0.289. The van der Waals surface area contributed by atoms with Crippen molar-refractivity contribution in [1.29, 1.82) is 0 Å². The van der Waals surface area contributed by atoms with E-state index in [-0.39, 0.29) is 18.1 Å². The second kappa shape index (κ2) is 6.53. The van der Waals surface area contributed by atoms with Crippen LogP contribution >= 0.6 is 0 Å². The predicted octanol–water partition coefficient (Wildman–Crippen LogP) is 1.67. The number of ether oxygens (including phenoxy) is 1. The monoisotopic (exact) mass is 254 g/mol. The molecule has 0 aromatic rings. The van der Waals surface area contributed by atoms with Gasteiger partial charge < -0.3 is 15.4 Å². The van der Waals surface area contributed by atoms with Crippen LogP contribution in [-0.4, -0.2) is 42.1 Å². The fourth-order valence-electron chi connectivity index (χ4n) is 2.94. The van der Waals surface area contributed by atoms with Gasteiger partial charge in [-0.25, -0.2) is 0 Å². The Bertz CT molecular complexity index is 269. The molecule has 4 nitrogen and oxygen atoms in total. The maximum absolute atomic E-state index is 12.2. The van der Waals surface area contributed by atoms with Gasteiger partial charge in [0.2, 0.25) is 0 Å². The number of rotatable bonds is 3. The van der Waals surface area contributed by atoms with Crippen molar-refractivity contribution in [2.24, 2.45) is 5.73 Å². The van der Waals surface area contributed by atoms with Crippen LogP contribution in [0.25, 0.3) is 0 Å². The van der Waals surface area contributed by atoms with Crippen LogP contribution in [0.4, 0.5) is 0 Å². The Morgan fingerprint density at radius 3 is 2.39 bits per heavy atom. The van der Waals surface area contributed by atoms with Gasteiger partial charge in [-0.05, 0) is 51.9 Å². The molecule has 0 spiro atoms. The molecule has 2 fully saturated rings. The zero-order valence-electron chi connectivity index (χ0n) is 11.4. The molecule has 18 heavy (non-hydrogen) atoms. The number of nitrogens with two attached hydrogens (primary N) is 1. The normalized spacial score (nSPS) is 31.1. The van der Waals surface area contributed by atoms with Gasteiger partial charge in [-0.1, -0.05) is 0 Å². The fourth-order valence-corrected chi connectivity index (χ4v) is 2.94. The Hall–Kier alpha value is -0.610. The number of nitrogens with zero attached hydrogens (tertiary/aromatic N) is 1. The topological polar surface area (TPSA) is 55.6 Å². The van der Waals surface area contributed by atoms with Crippen molar-refractivity contribution in [2.45, 2.75) is 70.1 Å². The zero-order valence-corrected chi connectivity index (χ0v) is 11.4. The second-order valence-corrected chi connectivity index (χ2v) is 5.70. The van der Waals surface area contributed by atoms with Gasteiger partial charge in [-0.2, -0.15) is 0 Å². The predicted molar refractivity (Wildman–Crippen MR) is 71.2 cm³/mol. The van der Waals surface area contributed by atoms with Gasteiger partial charge in [-0.3, -0.25) is 4.79 Å². The number of carbonyl (C=O) groups excluding carboxylic acids is 1. The lowest BCUT2D eigenvalue weighted by Crippen LogP contribution is -2.43. The van der Waals surface area contributed by atoms with E-state index in [9.17, 15) is 4.79 Å². The summed E-state index contributed by atoms with van der Waals surface area (Å²) in [4.78, 5) is 14.2. The molecule has 4 heteroatoms. The lowest BCUT2D eigenvalue weighted by Gasteiger charge is -2.32. The van der Waals surface area contributed by atoms with Crippen LogP contribution in [0.5, 0.6) is 0 Å². The van der Waals surface area contributed by atoms with Crippen LogP contribution in [0.3, 0.4) is 0 Å². The van der Waals surface area contributed by atoms with E-state index in [0.29, 0.717) is 6.04 Å². The maximum Gasteiger partial charge on any atom is 0.251 e. The molecular weight excluding hydrogens is 228 g/mol. The molecule has 1 saturated carbocycles. The summed E-state index contributed by atoms with van der Waals surface area (Å²) in [6.45, 7) is 3.70. The van der Waals surface area contributed by atoms with Crippen molar-refractivity contribution in [3.63, 3.8) is 0 Å². The van der Waals surface area contributed by atoms with Gasteiger partial charge in [0, 0.05) is 19.1 Å². The van der Waals surface area contributed by atoms with E-state index in [1.807, 2.05) is 11.8 Å². The summed E-state index contributed by atoms with van der Waals surface area (Å²) in [5.74, 6) is 0.171. The molecule has 1 saturated heterocycles. The summed E-state index contributed by atoms with van der Waals surface area (Å²) >= 11 is 0. The van der Waals surface area contributed by atoms with E-state index in [1.165, 1.54) is 6.42 Å². The Morgan fingerprint density at radius 2 is 1.78 bits per heavy atom. The van der Waals surface area contributed by atoms with Crippen molar-refractivity contribution in [3.8, 4) is 0 Å². The quantitative estimate of drug-likeness (QED) is 0.833. The first-order valence-electron chi connectivity index (χ1n) is 7.36. The summed E-state index contributed by atoms with van der Waals surface area (Å²) in [5.41, 5.74) is 5.87. The summed E-state index contributed by atoms with van der Waals surface area (Å²) < 4.78 is 5.91. The molecule has 1 heterocycles. The van der Waals surface area contributed by atoms with Crippen LogP contribution in [0, 0.1) is 0 Å². The summed E-state index contributed by atoms with van der Waals surface area (Å²) in [7, 11) is 0. The van der Waals surface area contributed by atoms with Gasteiger partial charge in [0.15, 0.2) is 0 Å². The number of hydrogen-bond acceptors (Lipinski definition) is 3. The smallest absolute Gasteiger partial charge is 0.251 e. The van der Waals surface area contributed by atoms with Gasteiger partial charge in [0.05, 0.1) is 6.10 Å². The molecule has 1 amide bonds. The molecule has 1 aliphatic heterocycles. The first kappa shape index (κ1) is 13.8. The Kier molecular flexibility index (Phi) is 5.01. The highest BCUT2D eigenvalue weighted by Crippen LogP contribution is 2.22. The number of likely N-dealkylation sites (tertiary alicyclic amines) is 1. The molecule has 2 N–H and O–H groups in total. The lowest BCUT2D eigenvalue weighted by atomic mass is 9.93. The van der Waals surface area contributed by atoms with Crippen LogP contribution in [0.1, 0.15) is 51.9 Å². The van der Waals surface area contributed by atoms with Gasteiger partial charge >= 0.3 is 0 Å². The zero-order chi connectivity index (χ0) is 13.0. The average molecular weight is 254 g/mol. The highest BCUT2D eigenvalue weighted by molar-refractivity contribution is 5.80. The van der Waals surface area contributed by atoms with Crippen LogP contribution in [-0.2, 0) is 9.53 Å². The minimum absolute atomic E-state index is 0.171. The molecule has 2 rings (SSSR count). The first-order valence-corrected chi connectivity index (χ1v) is 7.36. The van der Waals surface area contributed by atoms with Crippen molar-refractivity contribution in [3.05, 3.63) is 0 Å². The molecule has 0 bridgehead atoms. The standard InChI is InChI=1S/C14H26N2O2/c1-11(14(17)16-9-3-2-4-10-16)18-13-7-5-12(15)6-8-13/h11-13H,2-10,15H2,1H3. The van der Waals surface area contributed by atoms with Crippen molar-refractivity contribution in [2.75, 3.05) is 13.1 Å². The molecule has 1 aliphatic carbocycles. The number of piperidine rings is 1. The summed E-state index contributed by atoms with van der Waals surface area (Å²) in [6, 6.07) is 0.331. The van der Waals surface area contributed by atoms with Crippen molar-refractivity contribution >= 4 is 5.91 Å². The van der Waals surface area contributed by atoms with E-state index < -0.39 is 0 Å². The first-order chi connectivity index (χ1) is 8.66. The highest BCUT2D eigenvalue weighted by Gasteiger charge is 2.27. The highest BCUT2D eigenvalue weighted by atomic mass is 16.5. The van der Waals surface area contributed by atoms with Crippen LogP contribution in [0.2, 0.25) is 0 Å². The third kappa shape index (κ3) is 3.69. The van der Waals surface area contributed by atoms with Crippen LogP contribution in [0.15, 0.2) is 0 Å². The number of amides is 1. The summed E-state index contributed by atoms with van der Waals surface area (Å²) in [6.07, 6.45) is 7.51. The van der Waals surface area contributed by atoms with E-state index in [4.69, 9.17) is 10.5 Å². The molecular formula is C14H26N2O2. The van der Waals surface area contributed by atoms with Crippen molar-refractivity contribution < 1.29 is 9.53 Å². The molecule has 0 aromatic heterocycles. The average Bonchev–Trinajstić information content (AvgIpc) is 2.41. The van der Waals surface area contributed by atoms with Gasteiger partial charge in [-0.15, -0.1) is 0 Å². The number of hydrogen-bond donors (Lipinski definition) is 1. The molecule has 0 aromatic carbocycles. The maximum atomic E-state index is 12.2. The Balaban J connectivity index is 1.76. The van der Waals surface area contributed by atoms with E-state index >= 15 is 0 Å². The third-order valence-corrected chi connectivity index (χ3v) is 4.13. The fraction of sp³-hybridized carbons (Fsp3) is 0.929. The number of carbonyl (C=O) groups is 1. The van der Waals surface area contributed by atoms with Crippen molar-refractivity contribution in [1.82, 2.24) is 4.90 Å². The molecule has 104 valence electrons. The van der Waals surface area contributed by atoms with E-state index in [0.717, 1.165) is 51.6 Å². The second-order valence-electron chi connectivity index (χ2n) is 5.70. The Morgan fingerprint density at radius 1 is 1.17 bits per heavy atom. The molecule has 0 radical (unpaired) electrons. The largest absolute Gasteiger partial charge is 0.365 e. The summed E-state index contributed by atoms with van der Waals surface area (Å²) in [5, 5.41) is 0. The minimum Gasteiger partial charge on any atom is -0.365 e.